The Bertz CT molecular complexity index is 1450. The van der Waals surface area contributed by atoms with E-state index in [0.717, 1.165) is 11.6 Å². The van der Waals surface area contributed by atoms with Gasteiger partial charge < -0.3 is 24.1 Å². The Morgan fingerprint density at radius 3 is 2.63 bits per heavy atom. The third kappa shape index (κ3) is 5.02. The Morgan fingerprint density at radius 2 is 1.92 bits per heavy atom. The summed E-state index contributed by atoms with van der Waals surface area (Å²) in [6.45, 7) is 0.463. The van der Waals surface area contributed by atoms with E-state index in [1.165, 1.54) is 28.0 Å². The summed E-state index contributed by atoms with van der Waals surface area (Å²) in [7, 11) is 0. The van der Waals surface area contributed by atoms with Crippen molar-refractivity contribution in [3.05, 3.63) is 99.0 Å². The standard InChI is InChI=1S/C26H24F2N4O5S/c1-38(36)31-12-19-11-30(15-31)26(35)22-24(37-14-16-5-3-2-4-6-16)23(33)20(13-32(19)22)25(34)29-10-17-7-8-18(27)9-21(17)28/h2-9,13,19H,10-12,14-15H2,1H3,(H,29,34). The van der Waals surface area contributed by atoms with Crippen molar-refractivity contribution in [2.75, 3.05) is 26.0 Å². The third-order valence-corrected chi connectivity index (χ3v) is 7.53. The second kappa shape index (κ2) is 10.6. The lowest BCUT2D eigenvalue weighted by molar-refractivity contribution is 0.0435. The van der Waals surface area contributed by atoms with Crippen molar-refractivity contribution < 1.29 is 27.7 Å². The number of rotatable bonds is 7. The van der Waals surface area contributed by atoms with Gasteiger partial charge >= 0.3 is 0 Å². The minimum Gasteiger partial charge on any atom is -0.598 e. The quantitative estimate of drug-likeness (QED) is 0.459. The fourth-order valence-electron chi connectivity index (χ4n) is 4.58. The van der Waals surface area contributed by atoms with Crippen LogP contribution < -0.4 is 15.5 Å². The predicted octanol–water partition coefficient (Wildman–Crippen LogP) is 2.20. The van der Waals surface area contributed by atoms with Gasteiger partial charge in [-0.25, -0.2) is 8.78 Å². The molecule has 2 amide bonds. The van der Waals surface area contributed by atoms with E-state index in [9.17, 15) is 27.7 Å². The SMILES string of the molecule is C[S+]([O-])N1CC2CN(C1)C(=O)c1c(OCc3ccccc3)c(=O)c(C(=O)NCc3ccc(F)cc3F)cn12. The number of carbonyl (C=O) groups is 2. The summed E-state index contributed by atoms with van der Waals surface area (Å²) < 4.78 is 48.5. The van der Waals surface area contributed by atoms with Crippen LogP contribution in [-0.4, -0.2) is 56.2 Å². The average Bonchev–Trinajstić information content (AvgIpc) is 2.90. The maximum Gasteiger partial charge on any atom is 0.275 e. The topological polar surface area (TPSA) is 107 Å². The van der Waals surface area contributed by atoms with E-state index in [1.807, 2.05) is 6.07 Å². The molecule has 0 spiro atoms. The van der Waals surface area contributed by atoms with Crippen molar-refractivity contribution in [3.63, 3.8) is 0 Å². The number of fused-ring (bicyclic) bond motifs is 4. The fraction of sp³-hybridized carbons (Fsp3) is 0.269. The molecule has 1 N–H and O–H groups in total. The highest BCUT2D eigenvalue weighted by Gasteiger charge is 2.42. The number of hydrogen-bond acceptors (Lipinski definition) is 6. The molecule has 2 unspecified atom stereocenters. The normalized spacial score (nSPS) is 17.6. The van der Waals surface area contributed by atoms with Gasteiger partial charge in [-0.1, -0.05) is 36.4 Å². The number of hydrogen-bond donors (Lipinski definition) is 1. The first kappa shape index (κ1) is 25.9. The van der Waals surface area contributed by atoms with Crippen LogP contribution in [-0.2, 0) is 24.5 Å². The number of amides is 2. The largest absolute Gasteiger partial charge is 0.598 e. The number of nitrogens with zero attached hydrogens (tertiary/aromatic N) is 3. The molecule has 0 radical (unpaired) electrons. The zero-order chi connectivity index (χ0) is 27.0. The van der Waals surface area contributed by atoms with Crippen molar-refractivity contribution in [2.45, 2.75) is 19.2 Å². The van der Waals surface area contributed by atoms with Gasteiger partial charge in [-0.05, 0) is 11.6 Å². The van der Waals surface area contributed by atoms with Crippen LogP contribution in [0, 0.1) is 11.6 Å². The molecule has 12 heteroatoms. The van der Waals surface area contributed by atoms with Crippen molar-refractivity contribution in [1.29, 1.82) is 0 Å². The van der Waals surface area contributed by atoms with Crippen LogP contribution in [0.5, 0.6) is 5.75 Å². The minimum atomic E-state index is -1.34. The molecule has 38 heavy (non-hydrogen) atoms. The van der Waals surface area contributed by atoms with Crippen LogP contribution in [0.15, 0.2) is 59.5 Å². The highest BCUT2D eigenvalue weighted by Crippen LogP contribution is 2.32. The first-order valence-electron chi connectivity index (χ1n) is 11.8. The van der Waals surface area contributed by atoms with Crippen molar-refractivity contribution in [1.82, 2.24) is 19.1 Å². The van der Waals surface area contributed by atoms with Gasteiger partial charge in [0.15, 0.2) is 11.4 Å². The molecular formula is C26H24F2N4O5S. The average molecular weight is 543 g/mol. The van der Waals surface area contributed by atoms with Gasteiger partial charge in [0.25, 0.3) is 11.8 Å². The summed E-state index contributed by atoms with van der Waals surface area (Å²) in [4.78, 5) is 41.6. The second-order valence-electron chi connectivity index (χ2n) is 9.06. The van der Waals surface area contributed by atoms with Crippen LogP contribution >= 0.6 is 0 Å². The van der Waals surface area contributed by atoms with Gasteiger partial charge in [-0.2, -0.15) is 0 Å². The van der Waals surface area contributed by atoms with Gasteiger partial charge in [0, 0.05) is 42.3 Å². The third-order valence-electron chi connectivity index (χ3n) is 6.54. The Kier molecular flexibility index (Phi) is 7.19. The zero-order valence-corrected chi connectivity index (χ0v) is 21.2. The number of carbonyl (C=O) groups excluding carboxylic acids is 2. The smallest absolute Gasteiger partial charge is 0.275 e. The maximum absolute atomic E-state index is 14.1. The molecule has 2 aliphatic rings. The molecule has 1 saturated heterocycles. The van der Waals surface area contributed by atoms with Crippen molar-refractivity contribution >= 4 is 23.2 Å². The number of ether oxygens (including phenoxy) is 1. The fourth-order valence-corrected chi connectivity index (χ4v) is 5.26. The number of halogens is 2. The summed E-state index contributed by atoms with van der Waals surface area (Å²) in [5.74, 6) is -3.13. The predicted molar refractivity (Wildman–Crippen MR) is 135 cm³/mol. The van der Waals surface area contributed by atoms with Crippen LogP contribution in [0.2, 0.25) is 0 Å². The van der Waals surface area contributed by atoms with Crippen molar-refractivity contribution in [2.24, 2.45) is 0 Å². The van der Waals surface area contributed by atoms with E-state index < -0.39 is 40.2 Å². The van der Waals surface area contributed by atoms with Crippen LogP contribution in [0.3, 0.4) is 0 Å². The summed E-state index contributed by atoms with van der Waals surface area (Å²) in [5, 5.41) is 2.49. The number of aromatic nitrogens is 1. The first-order valence-corrected chi connectivity index (χ1v) is 13.3. The Balaban J connectivity index is 1.52. The number of benzene rings is 2. The summed E-state index contributed by atoms with van der Waals surface area (Å²) in [5.41, 5.74) is -0.268. The number of pyridine rings is 1. The molecule has 5 rings (SSSR count). The van der Waals surface area contributed by atoms with E-state index >= 15 is 0 Å². The lowest BCUT2D eigenvalue weighted by atomic mass is 10.1. The zero-order valence-electron chi connectivity index (χ0n) is 20.4. The Morgan fingerprint density at radius 1 is 1.16 bits per heavy atom. The van der Waals surface area contributed by atoms with Gasteiger partial charge in [-0.3, -0.25) is 14.4 Å². The maximum atomic E-state index is 14.1. The van der Waals surface area contributed by atoms with Gasteiger partial charge in [0.05, 0.1) is 12.6 Å². The highest BCUT2D eigenvalue weighted by atomic mass is 32.2. The van der Waals surface area contributed by atoms with Crippen molar-refractivity contribution in [3.8, 4) is 5.75 Å². The van der Waals surface area contributed by atoms with E-state index in [-0.39, 0.29) is 48.4 Å². The molecule has 1 aromatic heterocycles. The molecule has 198 valence electrons. The monoisotopic (exact) mass is 542 g/mol. The van der Waals surface area contributed by atoms with Gasteiger partial charge in [0.1, 0.15) is 36.7 Å². The molecule has 2 atom stereocenters. The van der Waals surface area contributed by atoms with E-state index in [1.54, 1.807) is 28.6 Å². The summed E-state index contributed by atoms with van der Waals surface area (Å²) in [6, 6.07) is 11.6. The van der Waals surface area contributed by atoms with Gasteiger partial charge in [-0.15, -0.1) is 4.31 Å². The summed E-state index contributed by atoms with van der Waals surface area (Å²) in [6.07, 6.45) is 2.81. The minimum absolute atomic E-state index is 0.0159. The number of nitrogens with one attached hydrogen (secondary N) is 1. The first-order chi connectivity index (χ1) is 18.2. The lowest BCUT2D eigenvalue weighted by Crippen LogP contribution is -2.58. The molecule has 1 fully saturated rings. The van der Waals surface area contributed by atoms with E-state index in [0.29, 0.717) is 19.2 Å². The molecule has 3 heterocycles. The van der Waals surface area contributed by atoms with Crippen LogP contribution in [0.4, 0.5) is 8.78 Å². The molecule has 2 aliphatic heterocycles. The van der Waals surface area contributed by atoms with Crippen LogP contribution in [0.1, 0.15) is 38.0 Å². The molecule has 2 bridgehead atoms. The highest BCUT2D eigenvalue weighted by molar-refractivity contribution is 7.88. The van der Waals surface area contributed by atoms with E-state index in [4.69, 9.17) is 4.74 Å². The van der Waals surface area contributed by atoms with E-state index in [2.05, 4.69) is 5.32 Å². The van der Waals surface area contributed by atoms with Crippen LogP contribution in [0.25, 0.3) is 0 Å². The molecular weight excluding hydrogens is 518 g/mol. The Hall–Kier alpha value is -3.74. The Labute approximate surface area is 219 Å². The second-order valence-corrected chi connectivity index (χ2v) is 10.4. The molecule has 0 saturated carbocycles. The molecule has 2 aromatic carbocycles. The molecule has 3 aromatic rings. The summed E-state index contributed by atoms with van der Waals surface area (Å²) >= 11 is -1.34. The lowest BCUT2D eigenvalue weighted by Gasteiger charge is -2.44. The van der Waals surface area contributed by atoms with Gasteiger partial charge in [0.2, 0.25) is 5.43 Å². The molecule has 0 aliphatic carbocycles. The molecule has 9 nitrogen and oxygen atoms in total.